The van der Waals surface area contributed by atoms with Crippen LogP contribution in [0.25, 0.3) is 0 Å². The summed E-state index contributed by atoms with van der Waals surface area (Å²) in [7, 11) is 2.03. The fraction of sp³-hybridized carbons (Fsp3) is 0.500. The smallest absolute Gasteiger partial charge is 0.0302 e. The summed E-state index contributed by atoms with van der Waals surface area (Å²) in [6.07, 6.45) is 6.35. The fourth-order valence-electron chi connectivity index (χ4n) is 1.74. The molecule has 1 saturated carbocycles. The van der Waals surface area contributed by atoms with Gasteiger partial charge in [0, 0.05) is 18.4 Å². The second kappa shape index (κ2) is 3.23. The molecule has 0 unspecified atom stereocenters. The molecule has 0 aromatic carbocycles. The summed E-state index contributed by atoms with van der Waals surface area (Å²) in [6, 6.07) is 4.92. The van der Waals surface area contributed by atoms with Crippen molar-refractivity contribution < 1.29 is 0 Å². The number of nitrogens with zero attached hydrogens (tertiary/aromatic N) is 1. The lowest BCUT2D eigenvalue weighted by Gasteiger charge is -2.35. The lowest BCUT2D eigenvalue weighted by molar-refractivity contribution is 0.307. The van der Waals surface area contributed by atoms with E-state index in [9.17, 15) is 0 Å². The molecule has 0 aliphatic heterocycles. The molecule has 1 aromatic heterocycles. The van der Waals surface area contributed by atoms with Crippen molar-refractivity contribution in [3.63, 3.8) is 0 Å². The van der Waals surface area contributed by atoms with E-state index in [-0.39, 0.29) is 0 Å². The van der Waals surface area contributed by atoms with Gasteiger partial charge in [-0.15, -0.1) is 0 Å². The molecule has 0 bridgehead atoms. The van der Waals surface area contributed by atoms with E-state index in [1.807, 2.05) is 25.5 Å². The zero-order valence-electron chi connectivity index (χ0n) is 7.33. The molecular weight excluding hydrogens is 148 g/mol. The first-order chi connectivity index (χ1) is 5.90. The van der Waals surface area contributed by atoms with Crippen molar-refractivity contribution in [1.82, 2.24) is 10.3 Å². The van der Waals surface area contributed by atoms with Crippen molar-refractivity contribution in [2.24, 2.45) is 0 Å². The molecule has 2 rings (SSSR count). The van der Waals surface area contributed by atoms with Gasteiger partial charge in [-0.3, -0.25) is 4.98 Å². The Labute approximate surface area is 73.0 Å². The van der Waals surface area contributed by atoms with Crippen LogP contribution in [0.4, 0.5) is 0 Å². The second-order valence-corrected chi connectivity index (χ2v) is 3.44. The molecule has 1 N–H and O–H groups in total. The first-order valence-electron chi connectivity index (χ1n) is 4.47. The van der Waals surface area contributed by atoms with Gasteiger partial charge in [0.2, 0.25) is 0 Å². The Hall–Kier alpha value is -0.890. The molecule has 64 valence electrons. The molecule has 2 nitrogen and oxygen atoms in total. The van der Waals surface area contributed by atoms with Crippen molar-refractivity contribution >= 4 is 0 Å². The van der Waals surface area contributed by atoms with E-state index in [4.69, 9.17) is 0 Å². The Morgan fingerprint density at radius 1 is 1.50 bits per heavy atom. The molecule has 1 aliphatic rings. The van der Waals surface area contributed by atoms with Crippen LogP contribution >= 0.6 is 0 Å². The summed E-state index contributed by atoms with van der Waals surface area (Å²) in [5, 5.41) is 3.28. The van der Waals surface area contributed by atoms with E-state index in [2.05, 4.69) is 16.4 Å². The van der Waals surface area contributed by atoms with Gasteiger partial charge >= 0.3 is 0 Å². The number of hydrogen-bond acceptors (Lipinski definition) is 2. The molecule has 2 heteroatoms. The summed E-state index contributed by atoms with van der Waals surface area (Å²) >= 11 is 0. The summed E-state index contributed by atoms with van der Waals surface area (Å²) < 4.78 is 0. The topological polar surface area (TPSA) is 24.9 Å². The zero-order chi connectivity index (χ0) is 8.39. The van der Waals surface area contributed by atoms with Crippen LogP contribution in [0.1, 0.15) is 24.3 Å². The minimum Gasteiger partial charge on any atom is -0.317 e. The van der Waals surface area contributed by atoms with Gasteiger partial charge in [0.25, 0.3) is 0 Å². The first kappa shape index (κ1) is 7.74. The lowest BCUT2D eigenvalue weighted by Crippen LogP contribution is -2.37. The van der Waals surface area contributed by atoms with E-state index in [0.717, 1.165) is 12.0 Å². The SMILES string of the molecule is CNC1CC(c2cccnc2)C1. The number of nitrogens with one attached hydrogen (secondary N) is 1. The van der Waals surface area contributed by atoms with E-state index in [1.54, 1.807) is 0 Å². The van der Waals surface area contributed by atoms with Crippen molar-refractivity contribution in [2.45, 2.75) is 24.8 Å². The van der Waals surface area contributed by atoms with E-state index in [0.29, 0.717) is 0 Å². The monoisotopic (exact) mass is 162 g/mol. The lowest BCUT2D eigenvalue weighted by atomic mass is 9.76. The van der Waals surface area contributed by atoms with Crippen LogP contribution in [-0.2, 0) is 0 Å². The third kappa shape index (κ3) is 1.34. The van der Waals surface area contributed by atoms with Gasteiger partial charge in [0.05, 0.1) is 0 Å². The highest BCUT2D eigenvalue weighted by molar-refractivity contribution is 5.18. The second-order valence-electron chi connectivity index (χ2n) is 3.44. The van der Waals surface area contributed by atoms with Crippen LogP contribution in [0.15, 0.2) is 24.5 Å². The van der Waals surface area contributed by atoms with Crippen LogP contribution < -0.4 is 5.32 Å². The van der Waals surface area contributed by atoms with Crippen molar-refractivity contribution in [3.05, 3.63) is 30.1 Å². The molecule has 0 radical (unpaired) electrons. The van der Waals surface area contributed by atoms with Crippen LogP contribution in [0.2, 0.25) is 0 Å². The minimum atomic E-state index is 0.732. The quantitative estimate of drug-likeness (QED) is 0.713. The Bertz CT molecular complexity index is 239. The van der Waals surface area contributed by atoms with Gasteiger partial charge in [0.1, 0.15) is 0 Å². The van der Waals surface area contributed by atoms with Crippen LogP contribution in [-0.4, -0.2) is 18.1 Å². The minimum absolute atomic E-state index is 0.732. The Morgan fingerprint density at radius 3 is 2.92 bits per heavy atom. The molecule has 1 fully saturated rings. The molecule has 12 heavy (non-hydrogen) atoms. The molecule has 1 aliphatic carbocycles. The van der Waals surface area contributed by atoms with Gasteiger partial charge in [-0.05, 0) is 37.4 Å². The van der Waals surface area contributed by atoms with E-state index in [1.165, 1.54) is 18.4 Å². The summed E-state index contributed by atoms with van der Waals surface area (Å²) in [6.45, 7) is 0. The van der Waals surface area contributed by atoms with Crippen molar-refractivity contribution in [1.29, 1.82) is 0 Å². The van der Waals surface area contributed by atoms with Crippen molar-refractivity contribution in [2.75, 3.05) is 7.05 Å². The predicted molar refractivity (Wildman–Crippen MR) is 49.1 cm³/mol. The van der Waals surface area contributed by atoms with E-state index >= 15 is 0 Å². The number of rotatable bonds is 2. The Balaban J connectivity index is 1.97. The summed E-state index contributed by atoms with van der Waals surface area (Å²) in [5.41, 5.74) is 1.39. The van der Waals surface area contributed by atoms with Gasteiger partial charge in [-0.25, -0.2) is 0 Å². The third-order valence-electron chi connectivity index (χ3n) is 2.70. The van der Waals surface area contributed by atoms with E-state index < -0.39 is 0 Å². The van der Waals surface area contributed by atoms with Gasteiger partial charge in [-0.1, -0.05) is 6.07 Å². The predicted octanol–water partition coefficient (Wildman–Crippen LogP) is 1.55. The van der Waals surface area contributed by atoms with Gasteiger partial charge < -0.3 is 5.32 Å². The molecule has 0 atom stereocenters. The molecule has 0 amide bonds. The van der Waals surface area contributed by atoms with Crippen LogP contribution in [0.5, 0.6) is 0 Å². The molecule has 0 spiro atoms. The number of pyridine rings is 1. The average molecular weight is 162 g/mol. The maximum absolute atomic E-state index is 4.12. The maximum atomic E-state index is 4.12. The van der Waals surface area contributed by atoms with Crippen LogP contribution in [0.3, 0.4) is 0 Å². The van der Waals surface area contributed by atoms with Gasteiger partial charge in [-0.2, -0.15) is 0 Å². The van der Waals surface area contributed by atoms with Crippen LogP contribution in [0, 0.1) is 0 Å². The highest BCUT2D eigenvalue weighted by Crippen LogP contribution is 2.35. The van der Waals surface area contributed by atoms with Gasteiger partial charge in [0.15, 0.2) is 0 Å². The maximum Gasteiger partial charge on any atom is 0.0302 e. The zero-order valence-corrected chi connectivity index (χ0v) is 7.33. The van der Waals surface area contributed by atoms with Crippen molar-refractivity contribution in [3.8, 4) is 0 Å². The normalized spacial score (nSPS) is 28.1. The molecular formula is C10H14N2. The third-order valence-corrected chi connectivity index (χ3v) is 2.70. The fourth-order valence-corrected chi connectivity index (χ4v) is 1.74. The molecule has 1 heterocycles. The standard InChI is InChI=1S/C10H14N2/c1-11-10-5-9(6-10)8-3-2-4-12-7-8/h2-4,7,9-11H,5-6H2,1H3. The number of hydrogen-bond donors (Lipinski definition) is 1. The molecule has 0 saturated heterocycles. The average Bonchev–Trinajstić information content (AvgIpc) is 2.04. The highest BCUT2D eigenvalue weighted by atomic mass is 14.9. The largest absolute Gasteiger partial charge is 0.317 e. The molecule has 1 aromatic rings. The number of aromatic nitrogens is 1. The Morgan fingerprint density at radius 2 is 2.33 bits per heavy atom. The highest BCUT2D eigenvalue weighted by Gasteiger charge is 2.28. The Kier molecular flexibility index (Phi) is 2.09. The summed E-state index contributed by atoms with van der Waals surface area (Å²) in [4.78, 5) is 4.12. The summed E-state index contributed by atoms with van der Waals surface area (Å²) in [5.74, 6) is 0.746. The first-order valence-corrected chi connectivity index (χ1v) is 4.47.